The molecule has 3 aromatic rings. The molecule has 0 saturated carbocycles. The third kappa shape index (κ3) is 3.97. The Bertz CT molecular complexity index is 1330. The Balaban J connectivity index is 1.96. The maximum absolute atomic E-state index is 13.4. The number of aromatic nitrogens is 1. The Morgan fingerprint density at radius 1 is 1.33 bits per heavy atom. The van der Waals surface area contributed by atoms with Crippen molar-refractivity contribution >= 4 is 61.9 Å². The van der Waals surface area contributed by atoms with Crippen molar-refractivity contribution in [3.8, 4) is 0 Å². The molecule has 0 bridgehead atoms. The quantitative estimate of drug-likeness (QED) is 0.339. The van der Waals surface area contributed by atoms with E-state index in [1.165, 1.54) is 11.3 Å². The van der Waals surface area contributed by atoms with Crippen LogP contribution in [-0.4, -0.2) is 17.1 Å². The summed E-state index contributed by atoms with van der Waals surface area (Å²) in [5, 5.41) is 0. The monoisotopic (exact) mass is 598 g/mol. The molecule has 1 atom stereocenters. The smallest absolute Gasteiger partial charge is 0.338 e. The number of carbonyl (C=O) groups excluding carboxylic acids is 1. The fourth-order valence-electron chi connectivity index (χ4n) is 3.29. The average Bonchev–Trinajstić information content (AvgIpc) is 3.24. The standard InChI is InChI=1S/C21H16BrIN2O4S/c1-3-28-20(27)17-11(2)24-21-25(18(17)12-4-6-13(22)7-5-12)19(26)15(30-21)10-14-8-9-16(23)29-14/h4-10,18H,3H2,1-2H3/b15-10-/t18-/m1/s1. The van der Waals surface area contributed by atoms with E-state index in [1.54, 1.807) is 24.5 Å². The van der Waals surface area contributed by atoms with Crippen LogP contribution in [0.5, 0.6) is 0 Å². The average molecular weight is 599 g/mol. The zero-order chi connectivity index (χ0) is 21.4. The normalized spacial score (nSPS) is 16.4. The van der Waals surface area contributed by atoms with Gasteiger partial charge in [0.1, 0.15) is 5.76 Å². The minimum Gasteiger partial charge on any atom is -0.463 e. The van der Waals surface area contributed by atoms with Crippen LogP contribution < -0.4 is 14.9 Å². The molecule has 6 nitrogen and oxygen atoms in total. The first-order chi connectivity index (χ1) is 14.4. The predicted octanol–water partition coefficient (Wildman–Crippen LogP) is 3.76. The number of ether oxygens (including phenoxy) is 1. The van der Waals surface area contributed by atoms with E-state index in [0.717, 1.165) is 13.8 Å². The van der Waals surface area contributed by atoms with Gasteiger partial charge in [-0.05, 0) is 66.3 Å². The molecule has 4 rings (SSSR count). The van der Waals surface area contributed by atoms with Gasteiger partial charge in [-0.15, -0.1) is 0 Å². The summed E-state index contributed by atoms with van der Waals surface area (Å²) in [6.45, 7) is 3.76. The lowest BCUT2D eigenvalue weighted by atomic mass is 9.96. The Kier molecular flexibility index (Phi) is 6.12. The number of rotatable bonds is 4. The fraction of sp³-hybridized carbons (Fsp3) is 0.190. The lowest BCUT2D eigenvalue weighted by molar-refractivity contribution is -0.139. The van der Waals surface area contributed by atoms with Crippen LogP contribution in [0.4, 0.5) is 0 Å². The second-order valence-corrected chi connectivity index (χ2v) is 9.48. The molecule has 154 valence electrons. The van der Waals surface area contributed by atoms with Gasteiger partial charge < -0.3 is 9.15 Å². The fourth-order valence-corrected chi connectivity index (χ4v) is 5.01. The van der Waals surface area contributed by atoms with Crippen LogP contribution in [0.1, 0.15) is 31.2 Å². The molecule has 1 aliphatic heterocycles. The summed E-state index contributed by atoms with van der Waals surface area (Å²) in [5.74, 6) is 0.118. The molecular formula is C21H16BrIN2O4S. The van der Waals surface area contributed by atoms with Crippen molar-refractivity contribution in [3.63, 3.8) is 0 Å². The van der Waals surface area contributed by atoms with Crippen LogP contribution in [0.2, 0.25) is 0 Å². The highest BCUT2D eigenvalue weighted by Crippen LogP contribution is 2.31. The summed E-state index contributed by atoms with van der Waals surface area (Å²) in [6.07, 6.45) is 1.70. The van der Waals surface area contributed by atoms with E-state index in [9.17, 15) is 9.59 Å². The van der Waals surface area contributed by atoms with Gasteiger partial charge in [0, 0.05) is 10.5 Å². The number of thiazole rings is 1. The van der Waals surface area contributed by atoms with Crippen molar-refractivity contribution in [1.29, 1.82) is 0 Å². The largest absolute Gasteiger partial charge is 0.463 e. The summed E-state index contributed by atoms with van der Waals surface area (Å²) in [5.41, 5.74) is 1.48. The number of benzene rings is 1. The van der Waals surface area contributed by atoms with Crippen LogP contribution in [0.15, 0.2) is 66.3 Å². The van der Waals surface area contributed by atoms with Gasteiger partial charge in [-0.2, -0.15) is 0 Å². The molecule has 1 aliphatic rings. The number of nitrogens with zero attached hydrogens (tertiary/aromatic N) is 2. The third-order valence-corrected chi connectivity index (χ3v) is 6.66. The summed E-state index contributed by atoms with van der Waals surface area (Å²) < 4.78 is 14.6. The lowest BCUT2D eigenvalue weighted by Crippen LogP contribution is -2.39. The van der Waals surface area contributed by atoms with Crippen molar-refractivity contribution in [1.82, 2.24) is 4.57 Å². The molecule has 3 heterocycles. The van der Waals surface area contributed by atoms with Gasteiger partial charge in [-0.3, -0.25) is 9.36 Å². The highest BCUT2D eigenvalue weighted by Gasteiger charge is 2.33. The van der Waals surface area contributed by atoms with Gasteiger partial charge in [0.25, 0.3) is 5.56 Å². The highest BCUT2D eigenvalue weighted by atomic mass is 127. The van der Waals surface area contributed by atoms with Crippen molar-refractivity contribution in [2.24, 2.45) is 4.99 Å². The molecule has 0 spiro atoms. The first-order valence-corrected chi connectivity index (χ1v) is 11.8. The molecule has 0 unspecified atom stereocenters. The number of halogens is 2. The molecule has 0 radical (unpaired) electrons. The molecule has 2 aromatic heterocycles. The van der Waals surface area contributed by atoms with E-state index < -0.39 is 12.0 Å². The van der Waals surface area contributed by atoms with Crippen molar-refractivity contribution in [2.45, 2.75) is 19.9 Å². The lowest BCUT2D eigenvalue weighted by Gasteiger charge is -2.24. The molecular weight excluding hydrogens is 583 g/mol. The minimum atomic E-state index is -0.618. The molecule has 0 N–H and O–H groups in total. The summed E-state index contributed by atoms with van der Waals surface area (Å²) >= 11 is 6.78. The Morgan fingerprint density at radius 3 is 2.70 bits per heavy atom. The van der Waals surface area contributed by atoms with Gasteiger partial charge >= 0.3 is 5.97 Å². The summed E-state index contributed by atoms with van der Waals surface area (Å²) in [6, 6.07) is 10.6. The van der Waals surface area contributed by atoms with Gasteiger partial charge in [-0.1, -0.05) is 39.4 Å². The van der Waals surface area contributed by atoms with Gasteiger partial charge in [0.15, 0.2) is 8.57 Å². The molecule has 0 amide bonds. The Labute approximate surface area is 197 Å². The minimum absolute atomic E-state index is 0.229. The zero-order valence-corrected chi connectivity index (χ0v) is 20.6. The van der Waals surface area contributed by atoms with E-state index in [0.29, 0.717) is 26.4 Å². The van der Waals surface area contributed by atoms with Gasteiger partial charge in [0.2, 0.25) is 0 Å². The Morgan fingerprint density at radius 2 is 2.07 bits per heavy atom. The van der Waals surface area contributed by atoms with Crippen molar-refractivity contribution in [2.75, 3.05) is 6.61 Å². The predicted molar refractivity (Wildman–Crippen MR) is 126 cm³/mol. The summed E-state index contributed by atoms with van der Waals surface area (Å²) in [7, 11) is 0. The number of carbonyl (C=O) groups is 1. The first kappa shape index (κ1) is 21.3. The SMILES string of the molecule is CCOC(=O)C1=C(C)N=c2s/c(=C\c3ccc(I)o3)c(=O)n2[C@@H]1c1ccc(Br)cc1. The molecule has 30 heavy (non-hydrogen) atoms. The van der Waals surface area contributed by atoms with Crippen LogP contribution in [0, 0.1) is 3.77 Å². The van der Waals surface area contributed by atoms with Crippen molar-refractivity contribution < 1.29 is 13.9 Å². The van der Waals surface area contributed by atoms with E-state index >= 15 is 0 Å². The zero-order valence-electron chi connectivity index (χ0n) is 16.0. The Hall–Kier alpha value is -1.98. The maximum atomic E-state index is 13.4. The van der Waals surface area contributed by atoms with E-state index in [2.05, 4.69) is 43.5 Å². The molecule has 9 heteroatoms. The van der Waals surface area contributed by atoms with E-state index in [-0.39, 0.29) is 12.2 Å². The third-order valence-electron chi connectivity index (χ3n) is 4.57. The topological polar surface area (TPSA) is 73.8 Å². The van der Waals surface area contributed by atoms with E-state index in [4.69, 9.17) is 9.15 Å². The van der Waals surface area contributed by atoms with Crippen LogP contribution in [0.3, 0.4) is 0 Å². The second kappa shape index (κ2) is 8.64. The number of allylic oxidation sites excluding steroid dienone is 1. The van der Waals surface area contributed by atoms with Crippen LogP contribution in [0.25, 0.3) is 6.08 Å². The van der Waals surface area contributed by atoms with Crippen LogP contribution >= 0.6 is 49.9 Å². The number of hydrogen-bond donors (Lipinski definition) is 0. The first-order valence-electron chi connectivity index (χ1n) is 9.09. The number of fused-ring (bicyclic) bond motifs is 1. The second-order valence-electron chi connectivity index (χ2n) is 6.50. The molecule has 0 fully saturated rings. The number of esters is 1. The molecule has 0 saturated heterocycles. The van der Waals surface area contributed by atoms with Gasteiger partial charge in [0.05, 0.1) is 28.5 Å². The number of furan rings is 1. The maximum Gasteiger partial charge on any atom is 0.338 e. The van der Waals surface area contributed by atoms with Crippen LogP contribution in [-0.2, 0) is 9.53 Å². The van der Waals surface area contributed by atoms with E-state index in [1.807, 2.05) is 36.4 Å². The highest BCUT2D eigenvalue weighted by molar-refractivity contribution is 14.1. The number of hydrogen-bond acceptors (Lipinski definition) is 6. The van der Waals surface area contributed by atoms with Gasteiger partial charge in [-0.25, -0.2) is 9.79 Å². The van der Waals surface area contributed by atoms with Crippen molar-refractivity contribution in [3.05, 3.63) is 86.9 Å². The molecule has 1 aromatic carbocycles. The summed E-state index contributed by atoms with van der Waals surface area (Å²) in [4.78, 5) is 31.2. The molecule has 0 aliphatic carbocycles.